The fraction of sp³-hybridized carbons (Fsp3) is 1.00. The van der Waals surface area contributed by atoms with Crippen molar-refractivity contribution in [2.75, 3.05) is 18.8 Å². The first-order valence-electron chi connectivity index (χ1n) is 8.06. The first-order chi connectivity index (χ1) is 8.71. The van der Waals surface area contributed by atoms with Gasteiger partial charge in [0.25, 0.3) is 0 Å². The van der Waals surface area contributed by atoms with E-state index in [2.05, 4.69) is 25.7 Å². The molecule has 0 atom stereocenters. The van der Waals surface area contributed by atoms with Gasteiger partial charge in [0, 0.05) is 12.6 Å². The van der Waals surface area contributed by atoms with Gasteiger partial charge in [0.1, 0.15) is 0 Å². The molecule has 0 bridgehead atoms. The van der Waals surface area contributed by atoms with E-state index in [4.69, 9.17) is 12.6 Å². The number of nitrogens with zero attached hydrogens (tertiary/aromatic N) is 1. The number of unbranched alkanes of at least 4 members (excludes halogenated alkanes) is 1. The molecule has 0 aromatic carbocycles. The molecule has 0 aliphatic heterocycles. The molecule has 0 unspecified atom stereocenters. The molecule has 1 saturated carbocycles. The minimum atomic E-state index is 0.475. The van der Waals surface area contributed by atoms with Gasteiger partial charge < -0.3 is 0 Å². The highest BCUT2D eigenvalue weighted by molar-refractivity contribution is 7.80. The standard InChI is InChI=1S/C16H33NS/c1-4-7-12-17(15-8-9-15)13-16(14-18,10-5-2)11-6-3/h15,18H,4-14H2,1-3H3. The summed E-state index contributed by atoms with van der Waals surface area (Å²) in [5.41, 5.74) is 0.475. The van der Waals surface area contributed by atoms with Crippen molar-refractivity contribution in [3.8, 4) is 0 Å². The molecule has 0 radical (unpaired) electrons. The second-order valence-corrected chi connectivity index (χ2v) is 6.53. The maximum atomic E-state index is 4.70. The minimum Gasteiger partial charge on any atom is -0.300 e. The Labute approximate surface area is 120 Å². The van der Waals surface area contributed by atoms with Gasteiger partial charge in [0.2, 0.25) is 0 Å². The molecule has 1 aliphatic carbocycles. The highest BCUT2D eigenvalue weighted by Gasteiger charge is 2.35. The van der Waals surface area contributed by atoms with Crippen LogP contribution in [0, 0.1) is 5.41 Å². The second kappa shape index (κ2) is 8.47. The summed E-state index contributed by atoms with van der Waals surface area (Å²) in [6.45, 7) is 9.55. The average Bonchev–Trinajstić information content (AvgIpc) is 3.19. The molecule has 0 saturated heterocycles. The molecule has 1 fully saturated rings. The van der Waals surface area contributed by atoms with Crippen molar-refractivity contribution in [3.63, 3.8) is 0 Å². The van der Waals surface area contributed by atoms with Crippen LogP contribution in [0.5, 0.6) is 0 Å². The van der Waals surface area contributed by atoms with Crippen LogP contribution in [0.15, 0.2) is 0 Å². The fourth-order valence-electron chi connectivity index (χ4n) is 3.17. The van der Waals surface area contributed by atoms with Gasteiger partial charge >= 0.3 is 0 Å². The lowest BCUT2D eigenvalue weighted by molar-refractivity contribution is 0.138. The van der Waals surface area contributed by atoms with Crippen LogP contribution in [0.3, 0.4) is 0 Å². The summed E-state index contributed by atoms with van der Waals surface area (Å²) in [6.07, 6.45) is 10.8. The van der Waals surface area contributed by atoms with Crippen LogP contribution in [0.2, 0.25) is 0 Å². The molecule has 18 heavy (non-hydrogen) atoms. The SMILES string of the molecule is CCCCN(CC(CS)(CCC)CCC)C1CC1. The van der Waals surface area contributed by atoms with Gasteiger partial charge in [-0.3, -0.25) is 4.90 Å². The monoisotopic (exact) mass is 271 g/mol. The van der Waals surface area contributed by atoms with Crippen molar-refractivity contribution < 1.29 is 0 Å². The van der Waals surface area contributed by atoms with Crippen LogP contribution in [-0.4, -0.2) is 29.8 Å². The van der Waals surface area contributed by atoms with Crippen LogP contribution in [0.25, 0.3) is 0 Å². The van der Waals surface area contributed by atoms with E-state index >= 15 is 0 Å². The summed E-state index contributed by atoms with van der Waals surface area (Å²) in [5.74, 6) is 1.06. The Bertz CT molecular complexity index is 207. The summed E-state index contributed by atoms with van der Waals surface area (Å²) < 4.78 is 0. The number of rotatable bonds is 11. The third kappa shape index (κ3) is 5.13. The molecule has 2 heteroatoms. The summed E-state index contributed by atoms with van der Waals surface area (Å²) in [7, 11) is 0. The maximum Gasteiger partial charge on any atom is 0.00966 e. The second-order valence-electron chi connectivity index (χ2n) is 6.21. The molecule has 108 valence electrons. The van der Waals surface area contributed by atoms with Crippen LogP contribution in [0.4, 0.5) is 0 Å². The first kappa shape index (κ1) is 16.4. The molecular weight excluding hydrogens is 238 g/mol. The van der Waals surface area contributed by atoms with E-state index in [1.54, 1.807) is 0 Å². The third-order valence-corrected chi connectivity index (χ3v) is 4.97. The molecule has 0 amide bonds. The predicted octanol–water partition coefficient (Wildman–Crippen LogP) is 4.77. The van der Waals surface area contributed by atoms with Crippen molar-refractivity contribution in [1.29, 1.82) is 0 Å². The van der Waals surface area contributed by atoms with E-state index < -0.39 is 0 Å². The molecule has 0 heterocycles. The topological polar surface area (TPSA) is 3.24 Å². The van der Waals surface area contributed by atoms with Crippen LogP contribution in [-0.2, 0) is 0 Å². The molecule has 1 nitrogen and oxygen atoms in total. The summed E-state index contributed by atoms with van der Waals surface area (Å²) in [6, 6.07) is 0.907. The quantitative estimate of drug-likeness (QED) is 0.530. The highest BCUT2D eigenvalue weighted by atomic mass is 32.1. The van der Waals surface area contributed by atoms with E-state index in [1.807, 2.05) is 0 Å². The molecule has 0 N–H and O–H groups in total. The zero-order valence-corrected chi connectivity index (χ0v) is 13.6. The van der Waals surface area contributed by atoms with Gasteiger partial charge in [0.15, 0.2) is 0 Å². The highest BCUT2D eigenvalue weighted by Crippen LogP contribution is 2.36. The fourth-order valence-corrected chi connectivity index (χ4v) is 3.59. The largest absolute Gasteiger partial charge is 0.300 e. The van der Waals surface area contributed by atoms with Crippen LogP contribution in [0.1, 0.15) is 72.1 Å². The van der Waals surface area contributed by atoms with E-state index in [0.717, 1.165) is 11.8 Å². The van der Waals surface area contributed by atoms with E-state index in [0.29, 0.717) is 5.41 Å². The Morgan fingerprint density at radius 1 is 1.06 bits per heavy atom. The van der Waals surface area contributed by atoms with E-state index in [1.165, 1.54) is 64.5 Å². The lowest BCUT2D eigenvalue weighted by Crippen LogP contribution is -2.41. The van der Waals surface area contributed by atoms with Gasteiger partial charge in [-0.1, -0.05) is 40.0 Å². The normalized spacial score (nSPS) is 16.5. The lowest BCUT2D eigenvalue weighted by atomic mass is 9.80. The molecule has 1 rings (SSSR count). The van der Waals surface area contributed by atoms with Gasteiger partial charge in [-0.05, 0) is 49.8 Å². The molecule has 0 aromatic rings. The molecule has 1 aliphatic rings. The van der Waals surface area contributed by atoms with E-state index in [9.17, 15) is 0 Å². The van der Waals surface area contributed by atoms with Gasteiger partial charge in [-0.15, -0.1) is 0 Å². The Hall–Kier alpha value is 0.310. The lowest BCUT2D eigenvalue weighted by Gasteiger charge is -2.38. The first-order valence-corrected chi connectivity index (χ1v) is 8.69. The summed E-state index contributed by atoms with van der Waals surface area (Å²) in [4.78, 5) is 2.78. The summed E-state index contributed by atoms with van der Waals surface area (Å²) in [5, 5.41) is 0. The Morgan fingerprint density at radius 3 is 2.06 bits per heavy atom. The van der Waals surface area contributed by atoms with Crippen molar-refractivity contribution in [1.82, 2.24) is 4.90 Å². The Balaban J connectivity index is 2.58. The van der Waals surface area contributed by atoms with Crippen molar-refractivity contribution in [2.45, 2.75) is 78.2 Å². The smallest absolute Gasteiger partial charge is 0.00966 e. The van der Waals surface area contributed by atoms with Crippen molar-refractivity contribution >= 4 is 12.6 Å². The number of thiol groups is 1. The Morgan fingerprint density at radius 2 is 1.67 bits per heavy atom. The number of hydrogen-bond acceptors (Lipinski definition) is 2. The van der Waals surface area contributed by atoms with Crippen molar-refractivity contribution in [3.05, 3.63) is 0 Å². The summed E-state index contributed by atoms with van der Waals surface area (Å²) >= 11 is 4.70. The zero-order valence-electron chi connectivity index (χ0n) is 12.7. The van der Waals surface area contributed by atoms with Gasteiger partial charge in [-0.25, -0.2) is 0 Å². The van der Waals surface area contributed by atoms with Crippen LogP contribution < -0.4 is 0 Å². The van der Waals surface area contributed by atoms with Crippen molar-refractivity contribution in [2.24, 2.45) is 5.41 Å². The van der Waals surface area contributed by atoms with E-state index in [-0.39, 0.29) is 0 Å². The third-order valence-electron chi connectivity index (χ3n) is 4.30. The molecular formula is C16H33NS. The maximum absolute atomic E-state index is 4.70. The molecule has 0 spiro atoms. The Kier molecular flexibility index (Phi) is 7.70. The predicted molar refractivity (Wildman–Crippen MR) is 85.6 cm³/mol. The zero-order chi connectivity index (χ0) is 13.4. The average molecular weight is 272 g/mol. The minimum absolute atomic E-state index is 0.475. The van der Waals surface area contributed by atoms with Gasteiger partial charge in [0.05, 0.1) is 0 Å². The number of hydrogen-bond donors (Lipinski definition) is 1. The van der Waals surface area contributed by atoms with Crippen LogP contribution >= 0.6 is 12.6 Å². The molecule has 0 aromatic heterocycles. The van der Waals surface area contributed by atoms with Gasteiger partial charge in [-0.2, -0.15) is 12.6 Å².